The Balaban J connectivity index is 1.99. The zero-order valence-corrected chi connectivity index (χ0v) is 10.9. The molecule has 0 aliphatic heterocycles. The number of carboxylic acids is 1. The smallest absolute Gasteiger partial charge is 0.335 e. The lowest BCUT2D eigenvalue weighted by Gasteiger charge is -2.08. The van der Waals surface area contributed by atoms with Gasteiger partial charge in [0.25, 0.3) is 0 Å². The average molecular weight is 289 g/mol. The van der Waals surface area contributed by atoms with Gasteiger partial charge in [-0.15, -0.1) is 0 Å². The summed E-state index contributed by atoms with van der Waals surface area (Å²) in [6, 6.07) is 8.03. The Labute approximate surface area is 118 Å². The predicted molar refractivity (Wildman–Crippen MR) is 75.7 cm³/mol. The van der Waals surface area contributed by atoms with Crippen LogP contribution in [0.15, 0.2) is 47.2 Å². The Morgan fingerprint density at radius 1 is 1.30 bits per heavy atom. The summed E-state index contributed by atoms with van der Waals surface area (Å²) in [4.78, 5) is 15.1. The van der Waals surface area contributed by atoms with E-state index in [4.69, 9.17) is 21.1 Å². The first-order valence-electron chi connectivity index (χ1n) is 5.77. The summed E-state index contributed by atoms with van der Waals surface area (Å²) in [5.41, 5.74) is 1.42. The number of aromatic nitrogens is 1. The Morgan fingerprint density at radius 2 is 2.15 bits per heavy atom. The maximum atomic E-state index is 10.9. The third-order valence-electron chi connectivity index (χ3n) is 2.85. The molecule has 0 amide bonds. The highest BCUT2D eigenvalue weighted by molar-refractivity contribution is 6.33. The van der Waals surface area contributed by atoms with Gasteiger partial charge in [-0.05, 0) is 30.3 Å². The van der Waals surface area contributed by atoms with E-state index in [1.165, 1.54) is 12.1 Å². The standard InChI is InChI=1S/C14H9ClN2O3/c15-10-7-8(14(18)19)1-2-11(10)17-13-9-4-6-20-12(9)3-5-16-13/h1-7H,(H,16,17)(H,18,19). The topological polar surface area (TPSA) is 75.4 Å². The fourth-order valence-electron chi connectivity index (χ4n) is 1.87. The lowest BCUT2D eigenvalue weighted by atomic mass is 10.2. The van der Waals surface area contributed by atoms with Crippen LogP contribution in [0.2, 0.25) is 5.02 Å². The quantitative estimate of drug-likeness (QED) is 0.764. The van der Waals surface area contributed by atoms with E-state index in [1.54, 1.807) is 30.7 Å². The van der Waals surface area contributed by atoms with Gasteiger partial charge in [-0.2, -0.15) is 0 Å². The average Bonchev–Trinajstić information content (AvgIpc) is 2.90. The number of nitrogens with zero attached hydrogens (tertiary/aromatic N) is 1. The van der Waals surface area contributed by atoms with Gasteiger partial charge in [0.05, 0.1) is 27.9 Å². The number of hydrogen-bond acceptors (Lipinski definition) is 4. The van der Waals surface area contributed by atoms with Crippen molar-refractivity contribution >= 4 is 40.0 Å². The van der Waals surface area contributed by atoms with Crippen LogP contribution in [0.3, 0.4) is 0 Å². The first-order chi connectivity index (χ1) is 9.65. The second-order valence-electron chi connectivity index (χ2n) is 4.12. The normalized spacial score (nSPS) is 10.7. The van der Waals surface area contributed by atoms with Crippen molar-refractivity contribution in [2.75, 3.05) is 5.32 Å². The molecular weight excluding hydrogens is 280 g/mol. The van der Waals surface area contributed by atoms with Crippen molar-refractivity contribution in [2.45, 2.75) is 0 Å². The number of carbonyl (C=O) groups is 1. The molecule has 100 valence electrons. The van der Waals surface area contributed by atoms with E-state index < -0.39 is 5.97 Å². The van der Waals surface area contributed by atoms with Crippen LogP contribution in [-0.4, -0.2) is 16.1 Å². The third-order valence-corrected chi connectivity index (χ3v) is 3.16. The molecule has 2 N–H and O–H groups in total. The van der Waals surface area contributed by atoms with E-state index in [0.717, 1.165) is 5.39 Å². The van der Waals surface area contributed by atoms with Gasteiger partial charge >= 0.3 is 5.97 Å². The van der Waals surface area contributed by atoms with Gasteiger partial charge < -0.3 is 14.8 Å². The Morgan fingerprint density at radius 3 is 2.90 bits per heavy atom. The zero-order chi connectivity index (χ0) is 14.1. The summed E-state index contributed by atoms with van der Waals surface area (Å²) >= 11 is 6.07. The number of furan rings is 1. The highest BCUT2D eigenvalue weighted by Gasteiger charge is 2.10. The van der Waals surface area contributed by atoms with Gasteiger partial charge in [-0.25, -0.2) is 9.78 Å². The number of rotatable bonds is 3. The molecule has 0 spiro atoms. The molecule has 2 aromatic heterocycles. The van der Waals surface area contributed by atoms with Crippen LogP contribution in [0, 0.1) is 0 Å². The van der Waals surface area contributed by atoms with Gasteiger partial charge in [-0.3, -0.25) is 0 Å². The van der Waals surface area contributed by atoms with Crippen LogP contribution in [0.1, 0.15) is 10.4 Å². The molecule has 3 rings (SSSR count). The van der Waals surface area contributed by atoms with Crippen LogP contribution in [-0.2, 0) is 0 Å². The Hall–Kier alpha value is -2.53. The number of pyridine rings is 1. The molecule has 6 heteroatoms. The summed E-state index contributed by atoms with van der Waals surface area (Å²) in [5.74, 6) is -0.422. The molecule has 0 fully saturated rings. The summed E-state index contributed by atoms with van der Waals surface area (Å²) in [6.45, 7) is 0. The van der Waals surface area contributed by atoms with Crippen molar-refractivity contribution in [3.8, 4) is 0 Å². The van der Waals surface area contributed by atoms with Crippen LogP contribution in [0.4, 0.5) is 11.5 Å². The fraction of sp³-hybridized carbons (Fsp3) is 0. The molecule has 5 nitrogen and oxygen atoms in total. The van der Waals surface area contributed by atoms with Crippen molar-refractivity contribution in [1.82, 2.24) is 4.98 Å². The molecule has 20 heavy (non-hydrogen) atoms. The summed E-state index contributed by atoms with van der Waals surface area (Å²) < 4.78 is 5.29. The molecule has 0 atom stereocenters. The molecule has 0 bridgehead atoms. The summed E-state index contributed by atoms with van der Waals surface area (Å²) in [7, 11) is 0. The number of hydrogen-bond donors (Lipinski definition) is 2. The molecule has 0 aliphatic carbocycles. The predicted octanol–water partition coefficient (Wildman–Crippen LogP) is 3.92. The van der Waals surface area contributed by atoms with Crippen LogP contribution in [0.25, 0.3) is 11.0 Å². The van der Waals surface area contributed by atoms with E-state index in [2.05, 4.69) is 10.3 Å². The minimum atomic E-state index is -1.02. The monoisotopic (exact) mass is 288 g/mol. The zero-order valence-electron chi connectivity index (χ0n) is 10.1. The van der Waals surface area contributed by atoms with Crippen LogP contribution >= 0.6 is 11.6 Å². The van der Waals surface area contributed by atoms with Gasteiger partial charge in [0.1, 0.15) is 11.4 Å². The Bertz CT molecular complexity index is 798. The van der Waals surface area contributed by atoms with Crippen LogP contribution < -0.4 is 5.32 Å². The molecule has 0 radical (unpaired) electrons. The largest absolute Gasteiger partial charge is 0.478 e. The number of carboxylic acid groups (broad SMARTS) is 1. The highest BCUT2D eigenvalue weighted by Crippen LogP contribution is 2.29. The molecular formula is C14H9ClN2O3. The molecule has 0 aliphatic rings. The van der Waals surface area contributed by atoms with Gasteiger partial charge in [0.15, 0.2) is 0 Å². The van der Waals surface area contributed by atoms with E-state index in [0.29, 0.717) is 22.1 Å². The molecule has 0 saturated heterocycles. The minimum Gasteiger partial charge on any atom is -0.478 e. The lowest BCUT2D eigenvalue weighted by Crippen LogP contribution is -1.98. The minimum absolute atomic E-state index is 0.134. The van der Waals surface area contributed by atoms with Crippen molar-refractivity contribution in [1.29, 1.82) is 0 Å². The molecule has 3 aromatic rings. The van der Waals surface area contributed by atoms with E-state index >= 15 is 0 Å². The first kappa shape index (κ1) is 12.5. The second-order valence-corrected chi connectivity index (χ2v) is 4.52. The van der Waals surface area contributed by atoms with Gasteiger partial charge in [0, 0.05) is 6.20 Å². The van der Waals surface area contributed by atoms with Gasteiger partial charge in [-0.1, -0.05) is 11.6 Å². The highest BCUT2D eigenvalue weighted by atomic mass is 35.5. The maximum absolute atomic E-state index is 10.9. The molecule has 1 aromatic carbocycles. The molecule has 0 unspecified atom stereocenters. The fourth-order valence-corrected chi connectivity index (χ4v) is 2.10. The number of nitrogens with one attached hydrogen (secondary N) is 1. The van der Waals surface area contributed by atoms with E-state index in [1.807, 2.05) is 0 Å². The van der Waals surface area contributed by atoms with E-state index in [-0.39, 0.29) is 5.56 Å². The van der Waals surface area contributed by atoms with Crippen molar-refractivity contribution in [2.24, 2.45) is 0 Å². The number of anilines is 2. The van der Waals surface area contributed by atoms with Crippen LogP contribution in [0.5, 0.6) is 0 Å². The summed E-state index contributed by atoms with van der Waals surface area (Å²) in [6.07, 6.45) is 3.19. The second kappa shape index (κ2) is 4.86. The molecule has 0 saturated carbocycles. The number of benzene rings is 1. The lowest BCUT2D eigenvalue weighted by molar-refractivity contribution is 0.0697. The third kappa shape index (κ3) is 2.19. The Kier molecular flexibility index (Phi) is 3.04. The number of fused-ring (bicyclic) bond motifs is 1. The van der Waals surface area contributed by atoms with Crippen molar-refractivity contribution in [3.05, 3.63) is 53.4 Å². The van der Waals surface area contributed by atoms with Crippen molar-refractivity contribution in [3.63, 3.8) is 0 Å². The molecule has 2 heterocycles. The maximum Gasteiger partial charge on any atom is 0.335 e. The number of halogens is 1. The number of aromatic carboxylic acids is 1. The van der Waals surface area contributed by atoms with E-state index in [9.17, 15) is 4.79 Å². The SMILES string of the molecule is O=C(O)c1ccc(Nc2nccc3occc23)c(Cl)c1. The van der Waals surface area contributed by atoms with Crippen molar-refractivity contribution < 1.29 is 14.3 Å². The first-order valence-corrected chi connectivity index (χ1v) is 6.15. The van der Waals surface area contributed by atoms with Gasteiger partial charge in [0.2, 0.25) is 0 Å². The summed E-state index contributed by atoms with van der Waals surface area (Å²) in [5, 5.41) is 13.1.